The molecule has 1 aromatic carbocycles. The van der Waals surface area contributed by atoms with E-state index in [0.717, 1.165) is 12.1 Å². The van der Waals surface area contributed by atoms with E-state index in [9.17, 15) is 24.5 Å². The summed E-state index contributed by atoms with van der Waals surface area (Å²) in [5.74, 6) is -2.48. The molecule has 8 nitrogen and oxygen atoms in total. The summed E-state index contributed by atoms with van der Waals surface area (Å²) in [4.78, 5) is 16.9. The Morgan fingerprint density at radius 3 is 2.48 bits per heavy atom. The van der Waals surface area contributed by atoms with E-state index in [1.807, 2.05) is 0 Å². The van der Waals surface area contributed by atoms with Gasteiger partial charge in [0.25, 0.3) is 0 Å². The van der Waals surface area contributed by atoms with Crippen molar-refractivity contribution in [2.75, 3.05) is 0 Å². The van der Waals surface area contributed by atoms with Crippen LogP contribution in [0.1, 0.15) is 11.9 Å². The van der Waals surface area contributed by atoms with E-state index in [2.05, 4.69) is 9.97 Å². The Balaban J connectivity index is 2.24. The monoisotopic (exact) mass is 300 g/mol. The molecule has 0 aliphatic heterocycles. The number of fused-ring (bicyclic) bond motifs is 1. The zero-order valence-corrected chi connectivity index (χ0v) is 10.5. The molecule has 4 atom stereocenters. The van der Waals surface area contributed by atoms with Gasteiger partial charge in [0, 0.05) is 0 Å². The maximum atomic E-state index is 13.0. The molecule has 2 rings (SSSR count). The molecule has 0 spiro atoms. The molecule has 0 saturated heterocycles. The summed E-state index contributed by atoms with van der Waals surface area (Å²) in [6.45, 7) is 0. The molecule has 0 aliphatic rings. The molecule has 21 heavy (non-hydrogen) atoms. The molecule has 2 aromatic rings. The number of aromatic nitrogens is 2. The lowest BCUT2D eigenvalue weighted by molar-refractivity contribution is -0.163. The van der Waals surface area contributed by atoms with Gasteiger partial charge in [0.15, 0.2) is 6.10 Å². The van der Waals surface area contributed by atoms with Crippen LogP contribution in [0.2, 0.25) is 0 Å². The minimum absolute atomic E-state index is 0.195. The van der Waals surface area contributed by atoms with Gasteiger partial charge in [-0.25, -0.2) is 14.2 Å². The van der Waals surface area contributed by atoms with Gasteiger partial charge in [0.05, 0.1) is 11.0 Å². The van der Waals surface area contributed by atoms with Crippen molar-refractivity contribution in [1.82, 2.24) is 9.97 Å². The first-order valence-electron chi connectivity index (χ1n) is 5.91. The molecule has 0 aliphatic carbocycles. The van der Waals surface area contributed by atoms with Crippen molar-refractivity contribution in [3.8, 4) is 0 Å². The Labute approximate surface area is 117 Å². The molecule has 114 valence electrons. The summed E-state index contributed by atoms with van der Waals surface area (Å²) in [5.41, 5.74) is 0.565. The molecule has 0 saturated carbocycles. The number of benzene rings is 1. The molecule has 0 amide bonds. The van der Waals surface area contributed by atoms with Crippen LogP contribution in [0.5, 0.6) is 0 Å². The highest BCUT2D eigenvalue weighted by Gasteiger charge is 2.36. The average Bonchev–Trinajstić information content (AvgIpc) is 2.86. The predicted molar refractivity (Wildman–Crippen MR) is 66.7 cm³/mol. The van der Waals surface area contributed by atoms with Gasteiger partial charge in [0.1, 0.15) is 30.0 Å². The van der Waals surface area contributed by atoms with E-state index in [4.69, 9.17) is 10.2 Å². The maximum Gasteiger partial charge on any atom is 0.335 e. The average molecular weight is 300 g/mol. The van der Waals surface area contributed by atoms with Gasteiger partial charge in [0.2, 0.25) is 0 Å². The van der Waals surface area contributed by atoms with Crippen LogP contribution in [0.15, 0.2) is 18.2 Å². The first kappa shape index (κ1) is 15.3. The molecule has 6 N–H and O–H groups in total. The summed E-state index contributed by atoms with van der Waals surface area (Å²) in [5, 5.41) is 46.7. The lowest BCUT2D eigenvalue weighted by Gasteiger charge is -2.23. The number of hydrogen-bond acceptors (Lipinski definition) is 6. The van der Waals surface area contributed by atoms with Gasteiger partial charge >= 0.3 is 5.97 Å². The van der Waals surface area contributed by atoms with Crippen LogP contribution in [-0.2, 0) is 4.79 Å². The summed E-state index contributed by atoms with van der Waals surface area (Å²) >= 11 is 0. The largest absolute Gasteiger partial charge is 0.479 e. The normalized spacial score (nSPS) is 17.4. The molecular formula is C12H13FN2O6. The van der Waals surface area contributed by atoms with Crippen LogP contribution in [0, 0.1) is 5.82 Å². The number of aliphatic hydroxyl groups is 4. The second-order valence-electron chi connectivity index (χ2n) is 4.49. The number of nitrogens with one attached hydrogen (secondary N) is 1. The number of aromatic amines is 1. The Morgan fingerprint density at radius 1 is 1.19 bits per heavy atom. The summed E-state index contributed by atoms with van der Waals surface area (Å²) in [6.07, 6.45) is -8.18. The van der Waals surface area contributed by atoms with Gasteiger partial charge in [-0.2, -0.15) is 0 Å². The number of hydrogen-bond donors (Lipinski definition) is 6. The SMILES string of the molecule is O=C(O)C(O)[C@H](O)[C@H](O)C(O)c1nc2ccc(F)cc2[nH]1. The van der Waals surface area contributed by atoms with Crippen molar-refractivity contribution in [2.45, 2.75) is 24.4 Å². The number of H-pyrrole nitrogens is 1. The van der Waals surface area contributed by atoms with E-state index in [-0.39, 0.29) is 11.3 Å². The highest BCUT2D eigenvalue weighted by atomic mass is 19.1. The minimum Gasteiger partial charge on any atom is -0.479 e. The van der Waals surface area contributed by atoms with Gasteiger partial charge in [-0.15, -0.1) is 0 Å². The third kappa shape index (κ3) is 3.00. The number of rotatable bonds is 5. The molecule has 0 radical (unpaired) electrons. The van der Waals surface area contributed by atoms with Crippen LogP contribution < -0.4 is 0 Å². The minimum atomic E-state index is -2.27. The highest BCUT2D eigenvalue weighted by Crippen LogP contribution is 2.21. The summed E-state index contributed by atoms with van der Waals surface area (Å²) in [7, 11) is 0. The van der Waals surface area contributed by atoms with E-state index in [1.165, 1.54) is 6.07 Å². The van der Waals surface area contributed by atoms with Crippen LogP contribution >= 0.6 is 0 Å². The van der Waals surface area contributed by atoms with E-state index < -0.39 is 36.2 Å². The van der Waals surface area contributed by atoms with Crippen LogP contribution in [0.4, 0.5) is 4.39 Å². The number of imidazole rings is 1. The Morgan fingerprint density at radius 2 is 1.86 bits per heavy atom. The number of aliphatic hydroxyl groups excluding tert-OH is 4. The second-order valence-corrected chi connectivity index (χ2v) is 4.49. The molecule has 1 aromatic heterocycles. The molecule has 1 heterocycles. The fraction of sp³-hybridized carbons (Fsp3) is 0.333. The predicted octanol–water partition coefficient (Wildman–Crippen LogP) is -1.10. The van der Waals surface area contributed by atoms with Crippen molar-refractivity contribution in [2.24, 2.45) is 0 Å². The first-order valence-corrected chi connectivity index (χ1v) is 5.91. The molecular weight excluding hydrogens is 287 g/mol. The third-order valence-corrected chi connectivity index (χ3v) is 2.99. The van der Waals surface area contributed by atoms with Gasteiger partial charge in [-0.3, -0.25) is 0 Å². The highest BCUT2D eigenvalue weighted by molar-refractivity contribution is 5.75. The molecule has 9 heteroatoms. The zero-order valence-electron chi connectivity index (χ0n) is 10.5. The number of aliphatic carboxylic acids is 1. The van der Waals surface area contributed by atoms with Gasteiger partial charge in [-0.05, 0) is 18.2 Å². The third-order valence-electron chi connectivity index (χ3n) is 2.99. The lowest BCUT2D eigenvalue weighted by atomic mass is 10.0. The van der Waals surface area contributed by atoms with E-state index in [0.29, 0.717) is 5.52 Å². The van der Waals surface area contributed by atoms with Crippen molar-refractivity contribution in [3.05, 3.63) is 29.8 Å². The van der Waals surface area contributed by atoms with Gasteiger partial charge < -0.3 is 30.5 Å². The number of carboxylic acids is 1. The standard InChI is InChI=1S/C12H13FN2O6/c13-4-1-2-5-6(3-4)15-11(14-5)9(18)7(16)8(17)10(19)12(20)21/h1-3,7-10,16-19H,(H,14,15)(H,20,21)/t7-,8+,9?,10?/m0/s1. The van der Waals surface area contributed by atoms with Gasteiger partial charge in [-0.1, -0.05) is 0 Å². The van der Waals surface area contributed by atoms with Crippen LogP contribution in [0.3, 0.4) is 0 Å². The number of halogens is 1. The lowest BCUT2D eigenvalue weighted by Crippen LogP contribution is -2.45. The zero-order chi connectivity index (χ0) is 15.7. The fourth-order valence-corrected chi connectivity index (χ4v) is 1.82. The Kier molecular flexibility index (Phi) is 4.19. The maximum absolute atomic E-state index is 13.0. The molecule has 2 unspecified atom stereocenters. The van der Waals surface area contributed by atoms with Crippen molar-refractivity contribution < 1.29 is 34.7 Å². The summed E-state index contributed by atoms with van der Waals surface area (Å²) in [6, 6.07) is 3.61. The van der Waals surface area contributed by atoms with Crippen molar-refractivity contribution >= 4 is 17.0 Å². The van der Waals surface area contributed by atoms with Crippen LogP contribution in [-0.4, -0.2) is 59.8 Å². The summed E-state index contributed by atoms with van der Waals surface area (Å²) < 4.78 is 13.0. The first-order chi connectivity index (χ1) is 9.81. The number of carboxylic acid groups (broad SMARTS) is 1. The smallest absolute Gasteiger partial charge is 0.335 e. The van der Waals surface area contributed by atoms with Crippen LogP contribution in [0.25, 0.3) is 11.0 Å². The Hall–Kier alpha value is -2.07. The van der Waals surface area contributed by atoms with E-state index in [1.54, 1.807) is 0 Å². The number of carbonyl (C=O) groups is 1. The van der Waals surface area contributed by atoms with E-state index >= 15 is 0 Å². The van der Waals surface area contributed by atoms with Crippen molar-refractivity contribution in [1.29, 1.82) is 0 Å². The Bertz CT molecular complexity index is 660. The topological polar surface area (TPSA) is 147 Å². The number of nitrogens with zero attached hydrogens (tertiary/aromatic N) is 1. The molecule has 0 fully saturated rings. The molecule has 0 bridgehead atoms. The quantitative estimate of drug-likeness (QED) is 0.411. The second kappa shape index (κ2) is 5.74. The van der Waals surface area contributed by atoms with Crippen molar-refractivity contribution in [3.63, 3.8) is 0 Å². The fourth-order valence-electron chi connectivity index (χ4n) is 1.82.